The fourth-order valence-corrected chi connectivity index (χ4v) is 56.7. The summed E-state index contributed by atoms with van der Waals surface area (Å²) < 4.78 is 6.42. The SMILES string of the molecule is CC1=Cc2c(cc3c4c(cccc24)CC3)[C]12[Si](C)(C)[C]1(C(C)=Cc3c1cc1c4c(cccc34)CC1)[Zr]2([CH3])[CH3]. The van der Waals surface area contributed by atoms with Gasteiger partial charge in [0, 0.05) is 0 Å². The van der Waals surface area contributed by atoms with E-state index in [1.54, 1.807) is 77.2 Å². The molecule has 0 radical (unpaired) electrons. The topological polar surface area (TPSA) is 0 Å². The van der Waals surface area contributed by atoms with Crippen LogP contribution in [0.25, 0.3) is 33.7 Å². The van der Waals surface area contributed by atoms with Crippen LogP contribution in [-0.4, -0.2) is 8.07 Å². The first-order chi connectivity index (χ1) is 18.2. The van der Waals surface area contributed by atoms with Crippen LogP contribution < -0.4 is 0 Å². The van der Waals surface area contributed by atoms with Crippen LogP contribution in [0.3, 0.4) is 0 Å². The van der Waals surface area contributed by atoms with Crippen molar-refractivity contribution in [1.29, 1.82) is 0 Å². The molecule has 188 valence electrons. The average Bonchev–Trinajstić information content (AvgIpc) is 3.63. The number of allylic oxidation sites excluding steroid dienone is 2. The van der Waals surface area contributed by atoms with Crippen LogP contribution in [0.15, 0.2) is 59.7 Å². The van der Waals surface area contributed by atoms with Crippen LogP contribution in [0, 0.1) is 0 Å². The van der Waals surface area contributed by atoms with Gasteiger partial charge in [0.15, 0.2) is 0 Å². The van der Waals surface area contributed by atoms with Crippen LogP contribution in [0.1, 0.15) is 58.4 Å². The molecule has 2 atom stereocenters. The van der Waals surface area contributed by atoms with Gasteiger partial charge >= 0.3 is 234 Å². The Hall–Kier alpha value is -2.02. The molecule has 2 spiro atoms. The van der Waals surface area contributed by atoms with E-state index in [0.29, 0.717) is 5.49 Å². The van der Waals surface area contributed by atoms with Crippen molar-refractivity contribution in [2.45, 2.75) is 67.4 Å². The molecule has 1 heterocycles. The van der Waals surface area contributed by atoms with E-state index in [2.05, 4.69) is 96.9 Å². The van der Waals surface area contributed by atoms with Crippen molar-refractivity contribution in [3.63, 3.8) is 0 Å². The van der Waals surface area contributed by atoms with Gasteiger partial charge in [-0.3, -0.25) is 0 Å². The van der Waals surface area contributed by atoms with Gasteiger partial charge in [-0.15, -0.1) is 0 Å². The van der Waals surface area contributed by atoms with Crippen LogP contribution in [0.5, 0.6) is 0 Å². The third-order valence-electron chi connectivity index (χ3n) is 12.5. The predicted molar refractivity (Wildman–Crippen MR) is 163 cm³/mol. The molecule has 2 unspecified atom stereocenters. The standard InChI is InChI=1S/C34H30Si.2CH3.Zr/c1-19-15-27-25-9-5-7-21-11-13-23(31(21)25)17-29(27)33(19)35(3,4)34-20(2)16-28-26-10-6-8-22-12-14-24(32(22)26)18-30(28)34;;;/h5-10,15-18H,11-14H2,1-4H3;2*1H3;. The summed E-state index contributed by atoms with van der Waals surface area (Å²) in [5, 5.41) is 6.26. The molecule has 4 aliphatic carbocycles. The minimum absolute atomic E-state index is 0.355. The molecule has 0 aromatic heterocycles. The van der Waals surface area contributed by atoms with Gasteiger partial charge in [-0.1, -0.05) is 0 Å². The summed E-state index contributed by atoms with van der Waals surface area (Å²) in [5.74, 6) is 0. The third-order valence-corrected chi connectivity index (χ3v) is 46.7. The van der Waals surface area contributed by atoms with Gasteiger partial charge in [-0.25, -0.2) is 0 Å². The summed E-state index contributed by atoms with van der Waals surface area (Å²) in [4.78, 5) is 0. The van der Waals surface area contributed by atoms with E-state index < -0.39 is 28.3 Å². The van der Waals surface area contributed by atoms with Crippen molar-refractivity contribution < 1.29 is 20.3 Å². The Labute approximate surface area is 232 Å². The Bertz CT molecular complexity index is 1750. The fourth-order valence-electron chi connectivity index (χ4n) is 12.1. The Balaban J connectivity index is 1.36. The molecular weight excluding hydrogens is 552 g/mol. The second-order valence-corrected chi connectivity index (χ2v) is 33.0. The maximum absolute atomic E-state index is 2.98. The van der Waals surface area contributed by atoms with Gasteiger partial charge in [-0.05, 0) is 0 Å². The van der Waals surface area contributed by atoms with Crippen molar-refractivity contribution in [2.75, 3.05) is 0 Å². The summed E-state index contributed by atoms with van der Waals surface area (Å²) >= 11 is -2.98. The second-order valence-electron chi connectivity index (χ2n) is 14.1. The number of aryl methyl sites for hydroxylation is 4. The normalized spacial score (nSPS) is 28.3. The van der Waals surface area contributed by atoms with E-state index in [4.69, 9.17) is 0 Å². The van der Waals surface area contributed by atoms with Crippen LogP contribution in [0.4, 0.5) is 0 Å². The van der Waals surface area contributed by atoms with Gasteiger partial charge in [0.05, 0.1) is 0 Å². The van der Waals surface area contributed by atoms with Crippen molar-refractivity contribution in [3.8, 4) is 0 Å². The van der Waals surface area contributed by atoms with Gasteiger partial charge in [-0.2, -0.15) is 0 Å². The molecule has 0 N–H and O–H groups in total. The van der Waals surface area contributed by atoms with Crippen LogP contribution in [0.2, 0.25) is 22.4 Å². The zero-order valence-corrected chi connectivity index (χ0v) is 27.1. The number of rotatable bonds is 0. The van der Waals surface area contributed by atoms with Crippen molar-refractivity contribution in [3.05, 3.63) is 104 Å². The summed E-state index contributed by atoms with van der Waals surface area (Å²) in [5.41, 5.74) is 16.5. The average molecular weight is 588 g/mol. The number of benzene rings is 4. The summed E-state index contributed by atoms with van der Waals surface area (Å²) in [6, 6.07) is 19.7. The van der Waals surface area contributed by atoms with E-state index >= 15 is 0 Å². The maximum atomic E-state index is 2.85. The summed E-state index contributed by atoms with van der Waals surface area (Å²) in [7, 11) is -1.90. The Morgan fingerprint density at radius 2 is 1.05 bits per heavy atom. The molecule has 0 saturated carbocycles. The number of fused-ring (bicyclic) bond motifs is 6. The van der Waals surface area contributed by atoms with Crippen molar-refractivity contribution in [2.24, 2.45) is 0 Å². The molecule has 4 aromatic carbocycles. The molecular formula is C36H36SiZr. The zero-order valence-electron chi connectivity index (χ0n) is 23.6. The third kappa shape index (κ3) is 2.00. The van der Waals surface area contributed by atoms with Gasteiger partial charge < -0.3 is 0 Å². The predicted octanol–water partition coefficient (Wildman–Crippen LogP) is 9.17. The second kappa shape index (κ2) is 6.64. The molecule has 0 bridgehead atoms. The quantitative estimate of drug-likeness (QED) is 0.180. The zero-order chi connectivity index (χ0) is 26.0. The molecule has 5 aliphatic rings. The fraction of sp³-hybridized carbons (Fsp3) is 0.333. The van der Waals surface area contributed by atoms with E-state index in [1.165, 1.54) is 25.7 Å². The first-order valence-corrected chi connectivity index (χ1v) is 25.1. The summed E-state index contributed by atoms with van der Waals surface area (Å²) in [6.45, 7) is 10.7. The number of hydrogen-bond donors (Lipinski definition) is 0. The Morgan fingerprint density at radius 3 is 1.47 bits per heavy atom. The van der Waals surface area contributed by atoms with Gasteiger partial charge in [0.1, 0.15) is 0 Å². The van der Waals surface area contributed by atoms with Crippen LogP contribution in [-0.2, 0) is 51.4 Å². The van der Waals surface area contributed by atoms with E-state index in [9.17, 15) is 0 Å². The molecule has 1 aliphatic heterocycles. The van der Waals surface area contributed by atoms with Crippen molar-refractivity contribution in [1.82, 2.24) is 0 Å². The Morgan fingerprint density at radius 1 is 0.632 bits per heavy atom. The van der Waals surface area contributed by atoms with Gasteiger partial charge in [0.25, 0.3) is 0 Å². The molecule has 4 aromatic rings. The molecule has 0 amide bonds. The van der Waals surface area contributed by atoms with E-state index in [0.717, 1.165) is 0 Å². The van der Waals surface area contributed by atoms with Crippen LogP contribution >= 0.6 is 0 Å². The van der Waals surface area contributed by atoms with Crippen molar-refractivity contribution >= 4 is 41.8 Å². The molecule has 2 heteroatoms. The molecule has 0 nitrogen and oxygen atoms in total. The molecule has 38 heavy (non-hydrogen) atoms. The van der Waals surface area contributed by atoms with Gasteiger partial charge in [0.2, 0.25) is 0 Å². The first-order valence-electron chi connectivity index (χ1n) is 14.7. The van der Waals surface area contributed by atoms with E-state index in [-0.39, 0.29) is 0 Å². The molecule has 1 saturated heterocycles. The Kier molecular flexibility index (Phi) is 3.98. The molecule has 1 fully saturated rings. The summed E-state index contributed by atoms with van der Waals surface area (Å²) in [6.07, 6.45) is 10.2. The molecule has 9 rings (SSSR count). The minimum atomic E-state index is -2.98. The monoisotopic (exact) mass is 586 g/mol. The van der Waals surface area contributed by atoms with E-state index in [1.807, 2.05) is 0 Å². The number of hydrogen-bond acceptors (Lipinski definition) is 0. The first kappa shape index (κ1) is 22.8.